The first-order chi connectivity index (χ1) is 14.2. The second-order valence-electron chi connectivity index (χ2n) is 7.50. The normalized spacial score (nSPS) is 15.3. The van der Waals surface area contributed by atoms with Crippen LogP contribution < -0.4 is 5.32 Å². The van der Waals surface area contributed by atoms with E-state index in [0.717, 1.165) is 31.2 Å². The quantitative estimate of drug-likeness (QED) is 0.659. The maximum absolute atomic E-state index is 14.4. The molecule has 1 aromatic carbocycles. The number of aryl methyl sites for hydroxylation is 1. The van der Waals surface area contributed by atoms with Crippen molar-refractivity contribution in [2.24, 2.45) is 0 Å². The molecule has 0 aliphatic heterocycles. The van der Waals surface area contributed by atoms with Gasteiger partial charge < -0.3 is 9.84 Å². The van der Waals surface area contributed by atoms with E-state index in [4.69, 9.17) is 4.52 Å². The molecule has 7 heteroatoms. The van der Waals surface area contributed by atoms with Crippen molar-refractivity contribution in [3.8, 4) is 11.4 Å². The summed E-state index contributed by atoms with van der Waals surface area (Å²) >= 11 is 0. The minimum Gasteiger partial charge on any atom is -0.355 e. The van der Waals surface area contributed by atoms with Gasteiger partial charge in [0.25, 0.3) is 0 Å². The summed E-state index contributed by atoms with van der Waals surface area (Å²) in [7, 11) is 0. The molecule has 150 valence electrons. The smallest absolute Gasteiger partial charge is 0.227 e. The first kappa shape index (κ1) is 19.2. The average Bonchev–Trinajstić information content (AvgIpc) is 3.42. The molecular weight excluding hydrogens is 371 g/mol. The second kappa shape index (κ2) is 8.51. The molecule has 1 aliphatic rings. The van der Waals surface area contributed by atoms with Gasteiger partial charge in [0.15, 0.2) is 0 Å². The number of nitrogens with one attached hydrogen (secondary N) is 1. The Morgan fingerprint density at radius 2 is 2.00 bits per heavy atom. The van der Waals surface area contributed by atoms with Gasteiger partial charge in [0, 0.05) is 42.8 Å². The highest BCUT2D eigenvalue weighted by Gasteiger charge is 2.37. The number of hydrogen-bond acceptors (Lipinski definition) is 5. The number of aromatic nitrogens is 3. The van der Waals surface area contributed by atoms with Gasteiger partial charge in [0.05, 0.1) is 0 Å². The zero-order valence-electron chi connectivity index (χ0n) is 16.1. The van der Waals surface area contributed by atoms with E-state index in [1.807, 2.05) is 18.2 Å². The van der Waals surface area contributed by atoms with E-state index >= 15 is 0 Å². The Morgan fingerprint density at radius 1 is 1.17 bits per heavy atom. The fourth-order valence-corrected chi connectivity index (χ4v) is 4.03. The summed E-state index contributed by atoms with van der Waals surface area (Å²) in [4.78, 5) is 20.8. The molecule has 0 saturated heterocycles. The number of hydrogen-bond donors (Lipinski definition) is 1. The lowest BCUT2D eigenvalue weighted by atomic mass is 9.78. The largest absolute Gasteiger partial charge is 0.355 e. The molecule has 1 N–H and O–H groups in total. The fraction of sp³-hybridized carbons (Fsp3) is 0.364. The Labute approximate surface area is 168 Å². The second-order valence-corrected chi connectivity index (χ2v) is 7.50. The first-order valence-electron chi connectivity index (χ1n) is 9.91. The highest BCUT2D eigenvalue weighted by molar-refractivity contribution is 5.76. The molecule has 1 saturated carbocycles. The van der Waals surface area contributed by atoms with Crippen LogP contribution in [-0.2, 0) is 16.6 Å². The van der Waals surface area contributed by atoms with E-state index in [0.29, 0.717) is 30.2 Å². The van der Waals surface area contributed by atoms with Gasteiger partial charge in [-0.05, 0) is 36.6 Å². The minimum absolute atomic E-state index is 0.103. The Morgan fingerprint density at radius 3 is 2.76 bits per heavy atom. The van der Waals surface area contributed by atoms with Crippen LogP contribution >= 0.6 is 0 Å². The predicted octanol–water partition coefficient (Wildman–Crippen LogP) is 3.83. The average molecular weight is 394 g/mol. The van der Waals surface area contributed by atoms with Crippen LogP contribution in [0.2, 0.25) is 0 Å². The summed E-state index contributed by atoms with van der Waals surface area (Å²) in [5, 5.41) is 6.93. The van der Waals surface area contributed by atoms with Gasteiger partial charge in [-0.15, -0.1) is 0 Å². The molecule has 0 unspecified atom stereocenters. The maximum Gasteiger partial charge on any atom is 0.227 e. The van der Waals surface area contributed by atoms with Gasteiger partial charge >= 0.3 is 0 Å². The van der Waals surface area contributed by atoms with E-state index in [-0.39, 0.29) is 23.6 Å². The summed E-state index contributed by atoms with van der Waals surface area (Å²) in [5.74, 6) is 0.563. The lowest BCUT2D eigenvalue weighted by Crippen LogP contribution is -2.39. The molecular formula is C22H23FN4O2. The van der Waals surface area contributed by atoms with Crippen molar-refractivity contribution in [3.05, 3.63) is 66.1 Å². The van der Waals surface area contributed by atoms with Crippen LogP contribution in [0.25, 0.3) is 11.4 Å². The number of carbonyl (C=O) groups is 1. The molecule has 29 heavy (non-hydrogen) atoms. The molecule has 1 amide bonds. The number of halogens is 1. The third-order valence-electron chi connectivity index (χ3n) is 5.58. The Balaban J connectivity index is 1.34. The number of benzene rings is 1. The highest BCUT2D eigenvalue weighted by Crippen LogP contribution is 2.41. The van der Waals surface area contributed by atoms with Crippen molar-refractivity contribution in [2.75, 3.05) is 6.54 Å². The molecule has 1 fully saturated rings. The van der Waals surface area contributed by atoms with Crippen LogP contribution in [0.4, 0.5) is 4.39 Å². The Kier molecular flexibility index (Phi) is 5.64. The molecule has 4 rings (SSSR count). The van der Waals surface area contributed by atoms with Crippen molar-refractivity contribution in [1.82, 2.24) is 20.4 Å². The van der Waals surface area contributed by atoms with Crippen LogP contribution in [0.15, 0.2) is 53.3 Å². The standard InChI is InChI=1S/C22H23FN4O2/c23-18-8-2-1-7-17(18)22(11-3-4-12-22)15-25-19(28)9-10-20-26-21(27-29-20)16-6-5-13-24-14-16/h1-2,5-8,13-14H,3-4,9-12,15H2,(H,25,28). The van der Waals surface area contributed by atoms with Gasteiger partial charge in [0.1, 0.15) is 5.82 Å². The van der Waals surface area contributed by atoms with Gasteiger partial charge in [-0.25, -0.2) is 4.39 Å². The first-order valence-corrected chi connectivity index (χ1v) is 9.91. The number of rotatable bonds is 7. The topological polar surface area (TPSA) is 80.9 Å². The van der Waals surface area contributed by atoms with Crippen LogP contribution in [-0.4, -0.2) is 27.6 Å². The SMILES string of the molecule is O=C(CCc1nc(-c2cccnc2)no1)NCC1(c2ccccc2F)CCCC1. The molecule has 2 aromatic heterocycles. The van der Waals surface area contributed by atoms with Crippen molar-refractivity contribution in [1.29, 1.82) is 0 Å². The minimum atomic E-state index is -0.320. The fourth-order valence-electron chi connectivity index (χ4n) is 4.03. The number of carbonyl (C=O) groups excluding carboxylic acids is 1. The molecule has 3 aromatic rings. The molecule has 0 spiro atoms. The van der Waals surface area contributed by atoms with Gasteiger partial charge in [-0.3, -0.25) is 9.78 Å². The summed E-state index contributed by atoms with van der Waals surface area (Å²) in [6.45, 7) is 0.442. The third kappa shape index (κ3) is 4.34. The lowest BCUT2D eigenvalue weighted by molar-refractivity contribution is -0.121. The zero-order chi connectivity index (χ0) is 20.1. The predicted molar refractivity (Wildman–Crippen MR) is 105 cm³/mol. The monoisotopic (exact) mass is 394 g/mol. The summed E-state index contributed by atoms with van der Waals surface area (Å²) in [5.41, 5.74) is 1.15. The van der Waals surface area contributed by atoms with Crippen molar-refractivity contribution >= 4 is 5.91 Å². The Bertz CT molecular complexity index is 968. The molecule has 0 bridgehead atoms. The lowest BCUT2D eigenvalue weighted by Gasteiger charge is -2.30. The molecule has 6 nitrogen and oxygen atoms in total. The molecule has 0 atom stereocenters. The molecule has 1 aliphatic carbocycles. The number of nitrogens with zero attached hydrogens (tertiary/aromatic N) is 3. The van der Waals surface area contributed by atoms with Gasteiger partial charge in [-0.2, -0.15) is 4.98 Å². The van der Waals surface area contributed by atoms with E-state index in [2.05, 4.69) is 20.4 Å². The molecule has 0 radical (unpaired) electrons. The van der Waals surface area contributed by atoms with Crippen molar-refractivity contribution < 1.29 is 13.7 Å². The van der Waals surface area contributed by atoms with E-state index < -0.39 is 0 Å². The van der Waals surface area contributed by atoms with Crippen LogP contribution in [0.3, 0.4) is 0 Å². The molecule has 2 heterocycles. The maximum atomic E-state index is 14.4. The van der Waals surface area contributed by atoms with Gasteiger partial charge in [0.2, 0.25) is 17.6 Å². The Hall–Kier alpha value is -3.09. The summed E-state index contributed by atoms with van der Waals surface area (Å²) in [6.07, 6.45) is 7.78. The van der Waals surface area contributed by atoms with Crippen LogP contribution in [0, 0.1) is 5.82 Å². The van der Waals surface area contributed by atoms with Gasteiger partial charge in [-0.1, -0.05) is 36.2 Å². The van der Waals surface area contributed by atoms with E-state index in [9.17, 15) is 9.18 Å². The summed E-state index contributed by atoms with van der Waals surface area (Å²) in [6, 6.07) is 10.5. The van der Waals surface area contributed by atoms with E-state index in [1.54, 1.807) is 24.5 Å². The highest BCUT2D eigenvalue weighted by atomic mass is 19.1. The number of amides is 1. The van der Waals surface area contributed by atoms with Crippen molar-refractivity contribution in [3.63, 3.8) is 0 Å². The third-order valence-corrected chi connectivity index (χ3v) is 5.58. The number of pyridine rings is 1. The summed E-state index contributed by atoms with van der Waals surface area (Å²) < 4.78 is 19.6. The van der Waals surface area contributed by atoms with Crippen LogP contribution in [0.1, 0.15) is 43.6 Å². The zero-order valence-corrected chi connectivity index (χ0v) is 16.1. The van der Waals surface area contributed by atoms with Crippen molar-refractivity contribution in [2.45, 2.75) is 43.9 Å². The van der Waals surface area contributed by atoms with E-state index in [1.165, 1.54) is 6.07 Å². The van der Waals surface area contributed by atoms with Crippen LogP contribution in [0.5, 0.6) is 0 Å².